The molecule has 0 aliphatic rings. The molecule has 1 heterocycles. The van der Waals surface area contributed by atoms with Crippen LogP contribution in [0.4, 0.5) is 17.1 Å². The first-order valence-corrected chi connectivity index (χ1v) is 21.3. The summed E-state index contributed by atoms with van der Waals surface area (Å²) >= 11 is 1.88. The smallest absolute Gasteiger partial charge is 0.0540 e. The molecule has 10 aromatic carbocycles. The molecule has 11 aromatic rings. The standard InChI is InChI=1S/C58H39NS/c1-4-18-40(19-5-1)47-27-12-13-29-50(47)53-31-17-32-54-52-37-35-45(39-57(52)60-58(53)54)59(56-33-15-14-28-48(56)42-20-6-2-7-21-42)44-34-36-51(55(38-44)43-22-8-3-9-23-43)49-30-16-25-41-24-10-11-26-46(41)49/h1-39H. The number of hydrogen-bond donors (Lipinski definition) is 0. The third kappa shape index (κ3) is 6.35. The second-order valence-corrected chi connectivity index (χ2v) is 16.3. The maximum atomic E-state index is 2.46. The molecule has 0 spiro atoms. The largest absolute Gasteiger partial charge is 0.310 e. The third-order valence-corrected chi connectivity index (χ3v) is 12.9. The van der Waals surface area contributed by atoms with E-state index in [1.807, 2.05) is 11.3 Å². The highest BCUT2D eigenvalue weighted by atomic mass is 32.1. The van der Waals surface area contributed by atoms with Crippen LogP contribution in [-0.4, -0.2) is 0 Å². The summed E-state index contributed by atoms with van der Waals surface area (Å²) in [5, 5.41) is 5.03. The average Bonchev–Trinajstić information content (AvgIpc) is 3.71. The number of thiophene rings is 1. The van der Waals surface area contributed by atoms with Gasteiger partial charge in [-0.25, -0.2) is 0 Å². The molecule has 0 aliphatic carbocycles. The summed E-state index contributed by atoms with van der Waals surface area (Å²) in [5.41, 5.74) is 15.5. The van der Waals surface area contributed by atoms with Crippen LogP contribution in [0.1, 0.15) is 0 Å². The van der Waals surface area contributed by atoms with Gasteiger partial charge in [0.2, 0.25) is 0 Å². The molecule has 0 amide bonds. The Morgan fingerprint density at radius 3 is 1.55 bits per heavy atom. The highest BCUT2D eigenvalue weighted by Gasteiger charge is 2.22. The van der Waals surface area contributed by atoms with Crippen molar-refractivity contribution in [3.63, 3.8) is 0 Å². The molecule has 11 rings (SSSR count). The summed E-state index contributed by atoms with van der Waals surface area (Å²) in [6.45, 7) is 0. The molecule has 0 radical (unpaired) electrons. The fourth-order valence-corrected chi connectivity index (χ4v) is 10.2. The monoisotopic (exact) mass is 781 g/mol. The summed E-state index contributed by atoms with van der Waals surface area (Å²) in [5.74, 6) is 0. The van der Waals surface area contributed by atoms with Crippen molar-refractivity contribution in [2.45, 2.75) is 0 Å². The van der Waals surface area contributed by atoms with Gasteiger partial charge in [0.05, 0.1) is 5.69 Å². The molecule has 0 unspecified atom stereocenters. The van der Waals surface area contributed by atoms with E-state index in [0.29, 0.717) is 0 Å². The van der Waals surface area contributed by atoms with Crippen molar-refractivity contribution in [1.29, 1.82) is 0 Å². The molecular weight excluding hydrogens is 743 g/mol. The van der Waals surface area contributed by atoms with E-state index in [9.17, 15) is 0 Å². The number of benzene rings is 10. The molecular formula is C58H39NS. The molecule has 282 valence electrons. The number of para-hydroxylation sites is 1. The minimum atomic E-state index is 1.10. The topological polar surface area (TPSA) is 3.24 Å². The fraction of sp³-hybridized carbons (Fsp3) is 0. The second-order valence-electron chi connectivity index (χ2n) is 15.2. The van der Waals surface area contributed by atoms with Gasteiger partial charge in [0.1, 0.15) is 0 Å². The van der Waals surface area contributed by atoms with E-state index in [0.717, 1.165) is 17.1 Å². The first kappa shape index (κ1) is 35.6. The van der Waals surface area contributed by atoms with Gasteiger partial charge in [-0.2, -0.15) is 0 Å². The van der Waals surface area contributed by atoms with Gasteiger partial charge in [0.15, 0.2) is 0 Å². The Kier molecular flexibility index (Phi) is 9.11. The zero-order valence-corrected chi connectivity index (χ0v) is 33.7. The predicted molar refractivity (Wildman–Crippen MR) is 259 cm³/mol. The molecule has 1 nitrogen and oxygen atoms in total. The number of fused-ring (bicyclic) bond motifs is 4. The number of hydrogen-bond acceptors (Lipinski definition) is 2. The van der Waals surface area contributed by atoms with E-state index in [-0.39, 0.29) is 0 Å². The number of anilines is 3. The van der Waals surface area contributed by atoms with E-state index in [2.05, 4.69) is 241 Å². The lowest BCUT2D eigenvalue weighted by Gasteiger charge is -2.29. The predicted octanol–water partition coefficient (Wildman–Crippen LogP) is 17.0. The summed E-state index contributed by atoms with van der Waals surface area (Å²) in [6.07, 6.45) is 0. The average molecular weight is 782 g/mol. The van der Waals surface area contributed by atoms with Gasteiger partial charge < -0.3 is 4.90 Å². The van der Waals surface area contributed by atoms with Crippen LogP contribution in [0, 0.1) is 0 Å². The van der Waals surface area contributed by atoms with Crippen LogP contribution in [0.25, 0.3) is 86.6 Å². The lowest BCUT2D eigenvalue weighted by molar-refractivity contribution is 1.29. The van der Waals surface area contributed by atoms with Gasteiger partial charge in [-0.05, 0) is 85.6 Å². The molecule has 0 aliphatic heterocycles. The Morgan fingerprint density at radius 1 is 0.283 bits per heavy atom. The number of nitrogens with zero attached hydrogens (tertiary/aromatic N) is 1. The van der Waals surface area contributed by atoms with Crippen molar-refractivity contribution in [2.75, 3.05) is 4.90 Å². The van der Waals surface area contributed by atoms with E-state index >= 15 is 0 Å². The molecule has 60 heavy (non-hydrogen) atoms. The van der Waals surface area contributed by atoms with Crippen LogP contribution in [0.3, 0.4) is 0 Å². The van der Waals surface area contributed by atoms with Gasteiger partial charge in [0, 0.05) is 42.7 Å². The van der Waals surface area contributed by atoms with Crippen molar-refractivity contribution < 1.29 is 0 Å². The van der Waals surface area contributed by atoms with Crippen LogP contribution in [-0.2, 0) is 0 Å². The zero-order valence-electron chi connectivity index (χ0n) is 32.9. The van der Waals surface area contributed by atoms with Crippen LogP contribution in [0.15, 0.2) is 237 Å². The van der Waals surface area contributed by atoms with Gasteiger partial charge >= 0.3 is 0 Å². The van der Waals surface area contributed by atoms with E-state index < -0.39 is 0 Å². The van der Waals surface area contributed by atoms with Gasteiger partial charge in [-0.3, -0.25) is 0 Å². The van der Waals surface area contributed by atoms with Crippen molar-refractivity contribution in [1.82, 2.24) is 0 Å². The molecule has 0 saturated heterocycles. The maximum Gasteiger partial charge on any atom is 0.0540 e. The summed E-state index contributed by atoms with van der Waals surface area (Å²) in [6, 6.07) is 86.1. The van der Waals surface area contributed by atoms with Gasteiger partial charge in [0.25, 0.3) is 0 Å². The minimum Gasteiger partial charge on any atom is -0.310 e. The zero-order chi connectivity index (χ0) is 39.8. The third-order valence-electron chi connectivity index (χ3n) is 11.7. The highest BCUT2D eigenvalue weighted by Crippen LogP contribution is 2.48. The van der Waals surface area contributed by atoms with Crippen LogP contribution in [0.5, 0.6) is 0 Å². The molecule has 0 atom stereocenters. The number of rotatable bonds is 8. The summed E-state index contributed by atoms with van der Waals surface area (Å²) in [4.78, 5) is 2.46. The first-order chi connectivity index (χ1) is 29.8. The van der Waals surface area contributed by atoms with Crippen molar-refractivity contribution >= 4 is 59.3 Å². The Labute approximate surface area is 354 Å². The van der Waals surface area contributed by atoms with E-state index in [1.165, 1.54) is 86.6 Å². The Morgan fingerprint density at radius 2 is 0.783 bits per heavy atom. The quantitative estimate of drug-likeness (QED) is 0.148. The van der Waals surface area contributed by atoms with Crippen molar-refractivity contribution in [2.24, 2.45) is 0 Å². The normalized spacial score (nSPS) is 11.3. The van der Waals surface area contributed by atoms with E-state index in [4.69, 9.17) is 0 Å². The van der Waals surface area contributed by atoms with Crippen molar-refractivity contribution in [3.8, 4) is 55.6 Å². The fourth-order valence-electron chi connectivity index (χ4n) is 8.91. The van der Waals surface area contributed by atoms with Crippen LogP contribution in [0.2, 0.25) is 0 Å². The first-order valence-electron chi connectivity index (χ1n) is 20.5. The van der Waals surface area contributed by atoms with Crippen LogP contribution >= 0.6 is 11.3 Å². The Bertz CT molecular complexity index is 3310. The summed E-state index contributed by atoms with van der Waals surface area (Å²) < 4.78 is 2.56. The van der Waals surface area contributed by atoms with E-state index in [1.54, 1.807) is 0 Å². The minimum absolute atomic E-state index is 1.10. The molecule has 2 heteroatoms. The molecule has 0 fully saturated rings. The van der Waals surface area contributed by atoms with Gasteiger partial charge in [-0.1, -0.05) is 206 Å². The van der Waals surface area contributed by atoms with Crippen LogP contribution < -0.4 is 4.90 Å². The molecule has 0 saturated carbocycles. The summed E-state index contributed by atoms with van der Waals surface area (Å²) in [7, 11) is 0. The molecule has 0 bridgehead atoms. The van der Waals surface area contributed by atoms with Crippen molar-refractivity contribution in [3.05, 3.63) is 237 Å². The highest BCUT2D eigenvalue weighted by molar-refractivity contribution is 7.26. The molecule has 0 N–H and O–H groups in total. The Balaban J connectivity index is 1.13. The molecule has 1 aromatic heterocycles. The Hall–Kier alpha value is -7.52. The van der Waals surface area contributed by atoms with Gasteiger partial charge in [-0.15, -0.1) is 11.3 Å². The SMILES string of the molecule is c1ccc(-c2cc(N(c3ccc4c(c3)sc3c(-c5ccccc5-c5ccccc5)cccc34)c3ccccc3-c3ccccc3)ccc2-c2cccc3ccccc23)cc1. The maximum absolute atomic E-state index is 2.46. The lowest BCUT2D eigenvalue weighted by atomic mass is 9.90. The lowest BCUT2D eigenvalue weighted by Crippen LogP contribution is -2.11. The second kappa shape index (κ2) is 15.3.